The van der Waals surface area contributed by atoms with Gasteiger partial charge in [-0.3, -0.25) is 0 Å². The van der Waals surface area contributed by atoms with Crippen LogP contribution in [-0.4, -0.2) is 17.0 Å². The fraction of sp³-hybridized carbons (Fsp3) is 0.250. The number of benzene rings is 2. The van der Waals surface area contributed by atoms with Crippen LogP contribution >= 0.6 is 11.6 Å². The van der Waals surface area contributed by atoms with Gasteiger partial charge in [-0.2, -0.15) is 0 Å². The van der Waals surface area contributed by atoms with E-state index in [1.54, 1.807) is 12.1 Å². The molecular weight excluding hydrogens is 258 g/mol. The molecule has 100 valence electrons. The molecule has 0 saturated heterocycles. The van der Waals surface area contributed by atoms with Crippen molar-refractivity contribution in [2.45, 2.75) is 19.0 Å². The number of hydrogen-bond donors (Lipinski definition) is 2. The summed E-state index contributed by atoms with van der Waals surface area (Å²) in [5.74, 6) is 0.859. The lowest BCUT2D eigenvalue weighted by Gasteiger charge is -2.16. The number of aromatic hydroxyl groups is 1. The van der Waals surface area contributed by atoms with Gasteiger partial charge in [0.25, 0.3) is 0 Å². The van der Waals surface area contributed by atoms with Gasteiger partial charge in [0.1, 0.15) is 5.75 Å². The Hall–Kier alpha value is -1.51. The molecule has 19 heavy (non-hydrogen) atoms. The van der Waals surface area contributed by atoms with Crippen LogP contribution in [0.2, 0.25) is 0 Å². The van der Waals surface area contributed by atoms with Crippen molar-refractivity contribution in [3.63, 3.8) is 0 Å². The van der Waals surface area contributed by atoms with E-state index in [1.807, 2.05) is 30.3 Å². The fourth-order valence-corrected chi connectivity index (χ4v) is 2.23. The standard InChI is InChI=1S/C16H18ClNO/c17-11-15(9-13-5-2-1-3-6-13)18-12-14-7-4-8-16(19)10-14/h1-8,10,15,18-19H,9,11-12H2. The first kappa shape index (κ1) is 13.9. The van der Waals surface area contributed by atoms with Crippen LogP contribution in [0, 0.1) is 0 Å². The van der Waals surface area contributed by atoms with Crippen LogP contribution in [-0.2, 0) is 13.0 Å². The summed E-state index contributed by atoms with van der Waals surface area (Å²) in [6.45, 7) is 0.707. The third-order valence-corrected chi connectivity index (χ3v) is 3.39. The van der Waals surface area contributed by atoms with Crippen LogP contribution in [0.5, 0.6) is 5.75 Å². The summed E-state index contributed by atoms with van der Waals surface area (Å²) in [6.07, 6.45) is 0.906. The molecule has 2 aromatic carbocycles. The Balaban J connectivity index is 1.89. The van der Waals surface area contributed by atoms with Gasteiger partial charge in [0.05, 0.1) is 0 Å². The second-order valence-corrected chi connectivity index (χ2v) is 4.90. The summed E-state index contributed by atoms with van der Waals surface area (Å²) in [6, 6.07) is 17.8. The molecule has 1 unspecified atom stereocenters. The van der Waals surface area contributed by atoms with Crippen LogP contribution in [0.25, 0.3) is 0 Å². The number of phenolic OH excluding ortho intramolecular Hbond substituents is 1. The molecule has 2 rings (SSSR count). The van der Waals surface area contributed by atoms with E-state index < -0.39 is 0 Å². The van der Waals surface area contributed by atoms with E-state index >= 15 is 0 Å². The normalized spacial score (nSPS) is 12.3. The summed E-state index contributed by atoms with van der Waals surface area (Å²) >= 11 is 6.00. The zero-order valence-electron chi connectivity index (χ0n) is 10.7. The van der Waals surface area contributed by atoms with Crippen LogP contribution < -0.4 is 5.32 Å². The van der Waals surface area contributed by atoms with Gasteiger partial charge in [0.2, 0.25) is 0 Å². The van der Waals surface area contributed by atoms with Gasteiger partial charge >= 0.3 is 0 Å². The van der Waals surface area contributed by atoms with Crippen molar-refractivity contribution in [2.75, 3.05) is 5.88 Å². The van der Waals surface area contributed by atoms with E-state index in [0.717, 1.165) is 12.0 Å². The van der Waals surface area contributed by atoms with Crippen LogP contribution in [0.4, 0.5) is 0 Å². The molecule has 2 nitrogen and oxygen atoms in total. The van der Waals surface area contributed by atoms with Crippen LogP contribution in [0.15, 0.2) is 54.6 Å². The van der Waals surface area contributed by atoms with E-state index in [-0.39, 0.29) is 6.04 Å². The lowest BCUT2D eigenvalue weighted by Crippen LogP contribution is -2.32. The maximum atomic E-state index is 9.42. The maximum absolute atomic E-state index is 9.42. The van der Waals surface area contributed by atoms with Gasteiger partial charge in [-0.25, -0.2) is 0 Å². The van der Waals surface area contributed by atoms with Gasteiger partial charge in [-0.15, -0.1) is 11.6 Å². The monoisotopic (exact) mass is 275 g/mol. The second kappa shape index (κ2) is 7.17. The first-order valence-electron chi connectivity index (χ1n) is 6.39. The molecule has 0 amide bonds. The molecule has 0 spiro atoms. The molecular formula is C16H18ClNO. The number of phenols is 1. The van der Waals surface area contributed by atoms with Crippen molar-refractivity contribution < 1.29 is 5.11 Å². The van der Waals surface area contributed by atoms with Gasteiger partial charge in [0, 0.05) is 18.5 Å². The van der Waals surface area contributed by atoms with Crippen molar-refractivity contribution in [1.82, 2.24) is 5.32 Å². The minimum Gasteiger partial charge on any atom is -0.508 e. The number of nitrogens with one attached hydrogen (secondary N) is 1. The smallest absolute Gasteiger partial charge is 0.115 e. The van der Waals surface area contributed by atoms with Crippen molar-refractivity contribution in [1.29, 1.82) is 0 Å². The molecule has 0 aliphatic rings. The van der Waals surface area contributed by atoms with Crippen LogP contribution in [0.3, 0.4) is 0 Å². The molecule has 2 N–H and O–H groups in total. The van der Waals surface area contributed by atoms with Gasteiger partial charge in [0.15, 0.2) is 0 Å². The lowest BCUT2D eigenvalue weighted by atomic mass is 10.1. The van der Waals surface area contributed by atoms with Crippen molar-refractivity contribution in [3.05, 3.63) is 65.7 Å². The zero-order valence-corrected chi connectivity index (χ0v) is 11.5. The molecule has 3 heteroatoms. The van der Waals surface area contributed by atoms with Crippen LogP contribution in [0.1, 0.15) is 11.1 Å². The molecule has 0 aliphatic heterocycles. The summed E-state index contributed by atoms with van der Waals surface area (Å²) in [5, 5.41) is 12.8. The Morgan fingerprint density at radius 3 is 2.42 bits per heavy atom. The van der Waals surface area contributed by atoms with Crippen molar-refractivity contribution in [3.8, 4) is 5.75 Å². The highest BCUT2D eigenvalue weighted by molar-refractivity contribution is 6.18. The van der Waals surface area contributed by atoms with Crippen molar-refractivity contribution in [2.24, 2.45) is 0 Å². The summed E-state index contributed by atoms with van der Waals surface area (Å²) < 4.78 is 0. The van der Waals surface area contributed by atoms with E-state index in [0.29, 0.717) is 18.2 Å². The average Bonchev–Trinajstić information content (AvgIpc) is 2.44. The summed E-state index contributed by atoms with van der Waals surface area (Å²) in [4.78, 5) is 0. The number of hydrogen-bond acceptors (Lipinski definition) is 2. The van der Waals surface area contributed by atoms with E-state index in [1.165, 1.54) is 5.56 Å². The number of rotatable bonds is 6. The topological polar surface area (TPSA) is 32.3 Å². The maximum Gasteiger partial charge on any atom is 0.115 e. The van der Waals surface area contributed by atoms with Crippen molar-refractivity contribution >= 4 is 11.6 Å². The van der Waals surface area contributed by atoms with Gasteiger partial charge in [-0.1, -0.05) is 42.5 Å². The molecule has 1 atom stereocenters. The van der Waals surface area contributed by atoms with E-state index in [4.69, 9.17) is 11.6 Å². The third-order valence-electron chi connectivity index (χ3n) is 3.02. The summed E-state index contributed by atoms with van der Waals surface area (Å²) in [5.41, 5.74) is 2.33. The highest BCUT2D eigenvalue weighted by Crippen LogP contribution is 2.11. The molecule has 0 saturated carbocycles. The van der Waals surface area contributed by atoms with Gasteiger partial charge < -0.3 is 10.4 Å². The molecule has 0 fully saturated rings. The molecule has 0 aromatic heterocycles. The quantitative estimate of drug-likeness (QED) is 0.793. The molecule has 2 aromatic rings. The highest BCUT2D eigenvalue weighted by Gasteiger charge is 2.07. The SMILES string of the molecule is Oc1cccc(CNC(CCl)Cc2ccccc2)c1. The molecule has 0 radical (unpaired) electrons. The largest absolute Gasteiger partial charge is 0.508 e. The average molecular weight is 276 g/mol. The minimum absolute atomic E-state index is 0.228. The molecule has 0 bridgehead atoms. The Morgan fingerprint density at radius 2 is 1.74 bits per heavy atom. The minimum atomic E-state index is 0.228. The summed E-state index contributed by atoms with van der Waals surface area (Å²) in [7, 11) is 0. The Bertz CT molecular complexity index is 501. The first-order valence-corrected chi connectivity index (χ1v) is 6.92. The zero-order chi connectivity index (χ0) is 13.5. The van der Waals surface area contributed by atoms with Gasteiger partial charge in [-0.05, 0) is 29.7 Å². The lowest BCUT2D eigenvalue weighted by molar-refractivity contribution is 0.473. The Kier molecular flexibility index (Phi) is 5.25. The highest BCUT2D eigenvalue weighted by atomic mass is 35.5. The number of alkyl halides is 1. The van der Waals surface area contributed by atoms with E-state index in [2.05, 4.69) is 17.4 Å². The third kappa shape index (κ3) is 4.58. The predicted octanol–water partition coefficient (Wildman–Crippen LogP) is 3.33. The Labute approximate surface area is 119 Å². The molecule has 0 heterocycles. The first-order chi connectivity index (χ1) is 9.28. The molecule has 0 aliphatic carbocycles. The number of halogens is 1. The van der Waals surface area contributed by atoms with E-state index in [9.17, 15) is 5.11 Å². The Morgan fingerprint density at radius 1 is 1.00 bits per heavy atom. The fourth-order valence-electron chi connectivity index (χ4n) is 2.01. The predicted molar refractivity (Wildman–Crippen MR) is 79.6 cm³/mol. The second-order valence-electron chi connectivity index (χ2n) is 4.59.